The predicted molar refractivity (Wildman–Crippen MR) is 108 cm³/mol. The van der Waals surface area contributed by atoms with Gasteiger partial charge in [-0.2, -0.15) is 0 Å². The first kappa shape index (κ1) is 19.2. The lowest BCUT2D eigenvalue weighted by atomic mass is 10.1. The molecule has 3 N–H and O–H groups in total. The van der Waals surface area contributed by atoms with Crippen molar-refractivity contribution in [3.63, 3.8) is 0 Å². The maximum absolute atomic E-state index is 12.2. The van der Waals surface area contributed by atoms with E-state index >= 15 is 0 Å². The van der Waals surface area contributed by atoms with Crippen LogP contribution in [0.5, 0.6) is 5.75 Å². The summed E-state index contributed by atoms with van der Waals surface area (Å²) in [5.74, 6) is 1.34. The first-order valence-corrected chi connectivity index (χ1v) is 9.83. The van der Waals surface area contributed by atoms with Crippen molar-refractivity contribution in [2.24, 2.45) is 5.92 Å². The van der Waals surface area contributed by atoms with E-state index in [2.05, 4.69) is 47.9 Å². The van der Waals surface area contributed by atoms with Crippen molar-refractivity contribution < 1.29 is 14.4 Å². The van der Waals surface area contributed by atoms with Crippen LogP contribution < -0.4 is 20.3 Å². The Morgan fingerprint density at radius 1 is 1.19 bits per heavy atom. The van der Waals surface area contributed by atoms with Gasteiger partial charge in [0.15, 0.2) is 0 Å². The van der Waals surface area contributed by atoms with Crippen molar-refractivity contribution >= 4 is 11.7 Å². The number of nitrogens with one attached hydrogen (secondary N) is 3. The number of hydrogen-bond donors (Lipinski definition) is 3. The number of benzene rings is 2. The van der Waals surface area contributed by atoms with Crippen molar-refractivity contribution in [2.75, 3.05) is 31.6 Å². The lowest BCUT2D eigenvalue weighted by Gasteiger charge is -2.22. The number of rotatable bonds is 7. The molecule has 0 bridgehead atoms. The van der Waals surface area contributed by atoms with Gasteiger partial charge in [0.05, 0.1) is 19.7 Å². The van der Waals surface area contributed by atoms with Gasteiger partial charge in [-0.05, 0) is 38.1 Å². The fourth-order valence-electron chi connectivity index (χ4n) is 3.72. The molecule has 0 aromatic heterocycles. The molecule has 0 spiro atoms. The van der Waals surface area contributed by atoms with Crippen molar-refractivity contribution in [3.05, 3.63) is 60.2 Å². The third-order valence-corrected chi connectivity index (χ3v) is 5.31. The Balaban J connectivity index is 1.42. The zero-order valence-corrected chi connectivity index (χ0v) is 16.2. The van der Waals surface area contributed by atoms with E-state index in [1.807, 2.05) is 31.2 Å². The fraction of sp³-hybridized carbons (Fsp3) is 0.409. The molecule has 1 fully saturated rings. The minimum atomic E-state index is -0.149. The number of ether oxygens (including phenoxy) is 1. The van der Waals surface area contributed by atoms with Gasteiger partial charge in [0.2, 0.25) is 0 Å². The number of amides is 2. The Bertz CT molecular complexity index is 718. The summed E-state index contributed by atoms with van der Waals surface area (Å²) in [5.41, 5.74) is 2.15. The zero-order valence-electron chi connectivity index (χ0n) is 16.2. The molecule has 3 rings (SSSR count). The number of quaternary nitrogens is 1. The summed E-state index contributed by atoms with van der Waals surface area (Å²) in [4.78, 5) is 13.8. The molecule has 3 atom stereocenters. The van der Waals surface area contributed by atoms with E-state index < -0.39 is 0 Å². The number of likely N-dealkylation sites (tertiary alicyclic amines) is 1. The van der Waals surface area contributed by atoms with Gasteiger partial charge in [-0.15, -0.1) is 0 Å². The topological polar surface area (TPSA) is 54.8 Å². The minimum Gasteiger partial charge on any atom is -0.494 e. The second kappa shape index (κ2) is 9.42. The van der Waals surface area contributed by atoms with E-state index in [-0.39, 0.29) is 6.03 Å². The first-order valence-electron chi connectivity index (χ1n) is 9.83. The number of hydrogen-bond acceptors (Lipinski definition) is 2. The molecule has 144 valence electrons. The molecule has 2 aromatic carbocycles. The highest BCUT2D eigenvalue weighted by Crippen LogP contribution is 2.16. The van der Waals surface area contributed by atoms with Gasteiger partial charge in [-0.1, -0.05) is 30.3 Å². The molecule has 5 heteroatoms. The van der Waals surface area contributed by atoms with E-state index in [0.29, 0.717) is 25.1 Å². The Hall–Kier alpha value is -2.53. The number of carbonyl (C=O) groups is 1. The molecule has 0 radical (unpaired) electrons. The summed E-state index contributed by atoms with van der Waals surface area (Å²) in [7, 11) is 0. The molecular formula is C22H30N3O2+. The van der Waals surface area contributed by atoms with Gasteiger partial charge in [0.1, 0.15) is 11.8 Å². The Morgan fingerprint density at radius 3 is 2.63 bits per heavy atom. The monoisotopic (exact) mass is 368 g/mol. The second-order valence-corrected chi connectivity index (χ2v) is 7.19. The second-order valence-electron chi connectivity index (χ2n) is 7.19. The van der Waals surface area contributed by atoms with Crippen LogP contribution in [0, 0.1) is 5.92 Å². The van der Waals surface area contributed by atoms with E-state index in [4.69, 9.17) is 4.74 Å². The minimum absolute atomic E-state index is 0.149. The smallest absolute Gasteiger partial charge is 0.319 e. The standard InChI is InChI=1S/C22H29N3O2/c1-3-27-21-11-9-20(10-12-21)24-22(26)23-15-18-13-14-25(16-18)17(2)19-7-5-4-6-8-19/h4-12,17-18H,3,13-16H2,1-2H3,(H2,23,24,26)/p+1. The normalized spacial score (nSPS) is 20.1. The van der Waals surface area contributed by atoms with Crippen molar-refractivity contribution in [1.29, 1.82) is 0 Å². The fourth-order valence-corrected chi connectivity index (χ4v) is 3.72. The van der Waals surface area contributed by atoms with Crippen LogP contribution in [0.4, 0.5) is 10.5 Å². The Morgan fingerprint density at radius 2 is 1.93 bits per heavy atom. The molecule has 3 unspecified atom stereocenters. The van der Waals surface area contributed by atoms with Crippen LogP contribution in [0.3, 0.4) is 0 Å². The molecule has 2 amide bonds. The first-order chi connectivity index (χ1) is 13.2. The van der Waals surface area contributed by atoms with Gasteiger partial charge in [0, 0.05) is 30.1 Å². The summed E-state index contributed by atoms with van der Waals surface area (Å²) in [6, 6.07) is 18.5. The number of carbonyl (C=O) groups excluding carboxylic acids is 1. The largest absolute Gasteiger partial charge is 0.494 e. The molecular weight excluding hydrogens is 338 g/mol. The maximum atomic E-state index is 12.2. The van der Waals surface area contributed by atoms with Crippen LogP contribution in [0.1, 0.15) is 31.9 Å². The van der Waals surface area contributed by atoms with E-state index in [1.165, 1.54) is 5.56 Å². The van der Waals surface area contributed by atoms with E-state index in [1.54, 1.807) is 4.90 Å². The lowest BCUT2D eigenvalue weighted by molar-refractivity contribution is -0.919. The molecule has 0 saturated carbocycles. The molecule has 1 heterocycles. The van der Waals surface area contributed by atoms with Crippen LogP contribution in [-0.2, 0) is 0 Å². The predicted octanol–water partition coefficient (Wildman–Crippen LogP) is 2.87. The highest BCUT2D eigenvalue weighted by atomic mass is 16.5. The van der Waals surface area contributed by atoms with Gasteiger partial charge >= 0.3 is 6.03 Å². The number of urea groups is 1. The zero-order chi connectivity index (χ0) is 19.1. The van der Waals surface area contributed by atoms with Crippen LogP contribution in [0.25, 0.3) is 0 Å². The van der Waals surface area contributed by atoms with Crippen molar-refractivity contribution in [2.45, 2.75) is 26.3 Å². The molecule has 1 aliphatic heterocycles. The quantitative estimate of drug-likeness (QED) is 0.704. The molecule has 0 aliphatic carbocycles. The van der Waals surface area contributed by atoms with Crippen LogP contribution in [-0.4, -0.2) is 32.3 Å². The Labute approximate surface area is 161 Å². The highest BCUT2D eigenvalue weighted by Gasteiger charge is 2.30. The SMILES string of the molecule is CCOc1ccc(NC(=O)NCC2CC[NH+](C(C)c3ccccc3)C2)cc1. The molecule has 27 heavy (non-hydrogen) atoms. The van der Waals surface area contributed by atoms with E-state index in [0.717, 1.165) is 30.9 Å². The van der Waals surface area contributed by atoms with Gasteiger partial charge in [-0.25, -0.2) is 4.79 Å². The summed E-state index contributed by atoms with van der Waals surface area (Å²) in [5, 5.41) is 5.90. The highest BCUT2D eigenvalue weighted by molar-refractivity contribution is 5.89. The third-order valence-electron chi connectivity index (χ3n) is 5.31. The molecule has 1 aliphatic rings. The number of anilines is 1. The summed E-state index contributed by atoms with van der Waals surface area (Å²) < 4.78 is 5.41. The molecule has 2 aromatic rings. The lowest BCUT2D eigenvalue weighted by Crippen LogP contribution is -3.10. The van der Waals surface area contributed by atoms with Crippen LogP contribution in [0.2, 0.25) is 0 Å². The average molecular weight is 369 g/mol. The van der Waals surface area contributed by atoms with Crippen molar-refractivity contribution in [1.82, 2.24) is 5.32 Å². The average Bonchev–Trinajstić information content (AvgIpc) is 3.17. The van der Waals surface area contributed by atoms with Gasteiger partial charge in [0.25, 0.3) is 0 Å². The summed E-state index contributed by atoms with van der Waals surface area (Å²) in [6.45, 7) is 7.85. The summed E-state index contributed by atoms with van der Waals surface area (Å²) in [6.07, 6.45) is 1.15. The molecule has 5 nitrogen and oxygen atoms in total. The van der Waals surface area contributed by atoms with Crippen molar-refractivity contribution in [3.8, 4) is 5.75 Å². The van der Waals surface area contributed by atoms with Gasteiger partial charge in [-0.3, -0.25) is 0 Å². The van der Waals surface area contributed by atoms with Crippen LogP contribution in [0.15, 0.2) is 54.6 Å². The Kier molecular flexibility index (Phi) is 6.71. The maximum Gasteiger partial charge on any atom is 0.319 e. The van der Waals surface area contributed by atoms with Crippen LogP contribution >= 0.6 is 0 Å². The van der Waals surface area contributed by atoms with Gasteiger partial charge < -0.3 is 20.3 Å². The summed E-state index contributed by atoms with van der Waals surface area (Å²) >= 11 is 0. The third kappa shape index (κ3) is 5.47. The molecule has 1 saturated heterocycles. The van der Waals surface area contributed by atoms with E-state index in [9.17, 15) is 4.79 Å².